The second kappa shape index (κ2) is 7.57. The molecular weight excluding hydrogens is 346 g/mol. The van der Waals surface area contributed by atoms with Gasteiger partial charge < -0.3 is 25.0 Å². The molecule has 0 saturated carbocycles. The fourth-order valence-corrected chi connectivity index (χ4v) is 3.27. The van der Waals surface area contributed by atoms with E-state index in [4.69, 9.17) is 9.47 Å². The van der Waals surface area contributed by atoms with Crippen molar-refractivity contribution in [3.63, 3.8) is 0 Å². The summed E-state index contributed by atoms with van der Waals surface area (Å²) in [5.74, 6) is 1.30. The van der Waals surface area contributed by atoms with Crippen LogP contribution < -0.4 is 25.0 Å². The third kappa shape index (κ3) is 3.97. The molecule has 0 aliphatic carbocycles. The second-order valence-corrected chi connectivity index (χ2v) is 6.55. The number of ether oxygens (including phenoxy) is 2. The molecule has 3 amide bonds. The van der Waals surface area contributed by atoms with Crippen molar-refractivity contribution in [1.29, 1.82) is 0 Å². The summed E-state index contributed by atoms with van der Waals surface area (Å²) in [6.45, 7) is 1.89. The van der Waals surface area contributed by atoms with Crippen LogP contribution in [0.25, 0.3) is 0 Å². The summed E-state index contributed by atoms with van der Waals surface area (Å²) in [4.78, 5) is 26.2. The first-order valence-corrected chi connectivity index (χ1v) is 8.97. The quantitative estimate of drug-likeness (QED) is 0.867. The Morgan fingerprint density at radius 2 is 1.85 bits per heavy atom. The van der Waals surface area contributed by atoms with Gasteiger partial charge in [-0.2, -0.15) is 0 Å². The molecule has 2 aromatic carbocycles. The molecule has 2 aromatic rings. The molecule has 1 saturated heterocycles. The van der Waals surface area contributed by atoms with Gasteiger partial charge in [0.25, 0.3) is 0 Å². The lowest BCUT2D eigenvalue weighted by Crippen LogP contribution is -2.43. The predicted octanol–water partition coefficient (Wildman–Crippen LogP) is 2.06. The van der Waals surface area contributed by atoms with Crippen molar-refractivity contribution >= 4 is 17.6 Å². The van der Waals surface area contributed by atoms with Crippen molar-refractivity contribution in [3.8, 4) is 11.5 Å². The molecule has 2 N–H and O–H groups in total. The van der Waals surface area contributed by atoms with E-state index in [1.54, 1.807) is 4.90 Å². The van der Waals surface area contributed by atoms with E-state index in [0.717, 1.165) is 11.3 Å². The average Bonchev–Trinajstić information content (AvgIpc) is 3.07. The van der Waals surface area contributed by atoms with Gasteiger partial charge in [-0.1, -0.05) is 30.3 Å². The fraction of sp³-hybridized carbons (Fsp3) is 0.300. The number of hydrogen-bond acceptors (Lipinski definition) is 4. The number of benzene rings is 2. The summed E-state index contributed by atoms with van der Waals surface area (Å²) in [5, 5.41) is 5.69. The zero-order valence-corrected chi connectivity index (χ0v) is 14.8. The Labute approximate surface area is 157 Å². The normalized spacial score (nSPS) is 18.3. The third-order valence-electron chi connectivity index (χ3n) is 4.59. The zero-order chi connectivity index (χ0) is 18.6. The van der Waals surface area contributed by atoms with Gasteiger partial charge in [0.05, 0.1) is 6.04 Å². The summed E-state index contributed by atoms with van der Waals surface area (Å²) < 4.78 is 11.1. The molecule has 27 heavy (non-hydrogen) atoms. The van der Waals surface area contributed by atoms with Crippen molar-refractivity contribution < 1.29 is 19.1 Å². The Balaban J connectivity index is 1.34. The lowest BCUT2D eigenvalue weighted by Gasteiger charge is -2.22. The highest BCUT2D eigenvalue weighted by Gasteiger charge is 2.32. The maximum Gasteiger partial charge on any atom is 0.315 e. The molecule has 4 rings (SSSR count). The van der Waals surface area contributed by atoms with Crippen LogP contribution in [-0.2, 0) is 11.3 Å². The average molecular weight is 367 g/mol. The molecule has 140 valence electrons. The van der Waals surface area contributed by atoms with Crippen molar-refractivity contribution in [2.75, 3.05) is 24.7 Å². The molecule has 1 atom stereocenters. The summed E-state index contributed by atoms with van der Waals surface area (Å²) in [6, 6.07) is 14.6. The van der Waals surface area contributed by atoms with Gasteiger partial charge in [0.2, 0.25) is 5.91 Å². The molecule has 0 aromatic heterocycles. The minimum absolute atomic E-state index is 0.0277. The monoisotopic (exact) mass is 367 g/mol. The Kier molecular flexibility index (Phi) is 4.82. The molecule has 7 heteroatoms. The van der Waals surface area contributed by atoms with Crippen LogP contribution >= 0.6 is 0 Å². The number of rotatable bonds is 4. The van der Waals surface area contributed by atoms with Gasteiger partial charge in [-0.25, -0.2) is 4.79 Å². The van der Waals surface area contributed by atoms with E-state index in [2.05, 4.69) is 10.6 Å². The SMILES string of the molecule is O=C(NCc1ccccc1)N[C@@H]1CC(=O)N(c2ccc3c(c2)OCCO3)C1. The molecule has 2 heterocycles. The maximum atomic E-state index is 12.4. The van der Waals surface area contributed by atoms with E-state index in [1.165, 1.54) is 0 Å². The molecule has 0 radical (unpaired) electrons. The van der Waals surface area contributed by atoms with Crippen molar-refractivity contribution in [3.05, 3.63) is 54.1 Å². The standard InChI is InChI=1S/C20H21N3O4/c24-19-10-15(22-20(25)21-12-14-4-2-1-3-5-14)13-23(19)16-6-7-17-18(11-16)27-9-8-26-17/h1-7,11,15H,8-10,12-13H2,(H2,21,22,25)/t15-/m1/s1. The van der Waals surface area contributed by atoms with Crippen molar-refractivity contribution in [1.82, 2.24) is 10.6 Å². The van der Waals surface area contributed by atoms with Crippen LogP contribution in [0.1, 0.15) is 12.0 Å². The number of amides is 3. The largest absolute Gasteiger partial charge is 0.486 e. The molecule has 0 bridgehead atoms. The van der Waals surface area contributed by atoms with Gasteiger partial charge in [-0.3, -0.25) is 4.79 Å². The first kappa shape index (κ1) is 17.2. The summed E-state index contributed by atoms with van der Waals surface area (Å²) in [6.07, 6.45) is 0.271. The molecule has 7 nitrogen and oxygen atoms in total. The van der Waals surface area contributed by atoms with Crippen LogP contribution in [0, 0.1) is 0 Å². The van der Waals surface area contributed by atoms with Crippen molar-refractivity contribution in [2.45, 2.75) is 19.0 Å². The first-order valence-electron chi connectivity index (χ1n) is 8.97. The number of carbonyl (C=O) groups excluding carboxylic acids is 2. The van der Waals surface area contributed by atoms with Gasteiger partial charge in [0, 0.05) is 31.3 Å². The first-order chi connectivity index (χ1) is 13.2. The van der Waals surface area contributed by atoms with Crippen LogP contribution in [0.3, 0.4) is 0 Å². The van der Waals surface area contributed by atoms with Gasteiger partial charge in [-0.15, -0.1) is 0 Å². The van der Waals surface area contributed by atoms with Crippen LogP contribution in [0.15, 0.2) is 48.5 Å². The fourth-order valence-electron chi connectivity index (χ4n) is 3.27. The number of urea groups is 1. The molecule has 2 aliphatic heterocycles. The van der Waals surface area contributed by atoms with Crippen LogP contribution in [0.2, 0.25) is 0 Å². The Bertz CT molecular complexity index is 840. The van der Waals surface area contributed by atoms with Gasteiger partial charge >= 0.3 is 6.03 Å². The molecule has 0 spiro atoms. The highest BCUT2D eigenvalue weighted by molar-refractivity contribution is 5.97. The van der Waals surface area contributed by atoms with E-state index < -0.39 is 0 Å². The van der Waals surface area contributed by atoms with Crippen LogP contribution in [0.4, 0.5) is 10.5 Å². The van der Waals surface area contributed by atoms with Gasteiger partial charge in [0.1, 0.15) is 13.2 Å². The van der Waals surface area contributed by atoms with E-state index in [-0.39, 0.29) is 24.4 Å². The van der Waals surface area contributed by atoms with Crippen LogP contribution in [-0.4, -0.2) is 37.7 Å². The molecular formula is C20H21N3O4. The number of anilines is 1. The van der Waals surface area contributed by atoms with Crippen molar-refractivity contribution in [2.24, 2.45) is 0 Å². The smallest absolute Gasteiger partial charge is 0.315 e. The summed E-state index contributed by atoms with van der Waals surface area (Å²) in [7, 11) is 0. The van der Waals surface area contributed by atoms with Crippen LogP contribution in [0.5, 0.6) is 11.5 Å². The third-order valence-corrected chi connectivity index (χ3v) is 4.59. The summed E-state index contributed by atoms with van der Waals surface area (Å²) >= 11 is 0. The second-order valence-electron chi connectivity index (χ2n) is 6.55. The number of carbonyl (C=O) groups is 2. The Hall–Kier alpha value is -3.22. The lowest BCUT2D eigenvalue weighted by atomic mass is 10.2. The zero-order valence-electron chi connectivity index (χ0n) is 14.8. The van der Waals surface area contributed by atoms with Gasteiger partial charge in [-0.05, 0) is 17.7 Å². The maximum absolute atomic E-state index is 12.4. The minimum atomic E-state index is -0.277. The van der Waals surface area contributed by atoms with Gasteiger partial charge in [0.15, 0.2) is 11.5 Å². The van der Waals surface area contributed by atoms with E-state index in [1.807, 2.05) is 48.5 Å². The number of hydrogen-bond donors (Lipinski definition) is 2. The number of nitrogens with one attached hydrogen (secondary N) is 2. The molecule has 2 aliphatic rings. The number of nitrogens with zero attached hydrogens (tertiary/aromatic N) is 1. The highest BCUT2D eigenvalue weighted by Crippen LogP contribution is 2.35. The molecule has 0 unspecified atom stereocenters. The van der Waals surface area contributed by atoms with E-state index in [9.17, 15) is 9.59 Å². The summed E-state index contributed by atoms with van der Waals surface area (Å²) in [5.41, 5.74) is 1.77. The Morgan fingerprint density at radius 3 is 2.67 bits per heavy atom. The predicted molar refractivity (Wildman–Crippen MR) is 100 cm³/mol. The van der Waals surface area contributed by atoms with E-state index >= 15 is 0 Å². The van der Waals surface area contributed by atoms with E-state index in [0.29, 0.717) is 37.8 Å². The topological polar surface area (TPSA) is 79.9 Å². The molecule has 1 fully saturated rings. The Morgan fingerprint density at radius 1 is 1.07 bits per heavy atom. The highest BCUT2D eigenvalue weighted by atomic mass is 16.6. The minimum Gasteiger partial charge on any atom is -0.486 e. The lowest BCUT2D eigenvalue weighted by molar-refractivity contribution is -0.117. The number of fused-ring (bicyclic) bond motifs is 1.